The molecule has 1 amide bonds. The summed E-state index contributed by atoms with van der Waals surface area (Å²) in [4.78, 5) is 13.7. The Kier molecular flexibility index (Phi) is 6.41. The Hall–Kier alpha value is -2.09. The van der Waals surface area contributed by atoms with Crippen molar-refractivity contribution >= 4 is 27.5 Å². The van der Waals surface area contributed by atoms with Crippen molar-refractivity contribution in [1.82, 2.24) is 10.3 Å². The van der Waals surface area contributed by atoms with E-state index in [0.29, 0.717) is 16.7 Å². The third-order valence-electron chi connectivity index (χ3n) is 3.37. The van der Waals surface area contributed by atoms with E-state index in [0.717, 1.165) is 5.56 Å². The molecule has 0 aliphatic rings. The zero-order valence-electron chi connectivity index (χ0n) is 13.8. The van der Waals surface area contributed by atoms with Gasteiger partial charge in [-0.05, 0) is 47.9 Å². The molecular weight excluding hydrogens is 364 g/mol. The summed E-state index contributed by atoms with van der Waals surface area (Å²) in [7, 11) is -3.87. The highest BCUT2D eigenvalue weighted by Gasteiger charge is 2.15. The van der Waals surface area contributed by atoms with E-state index in [9.17, 15) is 13.2 Å². The van der Waals surface area contributed by atoms with Crippen LogP contribution in [0.15, 0.2) is 53.4 Å². The molecule has 0 bridgehead atoms. The minimum Gasteiger partial charge on any atom is -0.484 e. The van der Waals surface area contributed by atoms with Gasteiger partial charge < -0.3 is 4.74 Å². The van der Waals surface area contributed by atoms with Crippen LogP contribution in [0, 0.1) is 0 Å². The molecule has 2 aromatic carbocycles. The number of rotatable bonds is 7. The third kappa shape index (κ3) is 5.74. The van der Waals surface area contributed by atoms with Gasteiger partial charge in [0.25, 0.3) is 15.9 Å². The van der Waals surface area contributed by atoms with Crippen LogP contribution in [0.1, 0.15) is 25.3 Å². The number of hydrazine groups is 1. The Balaban J connectivity index is 1.85. The number of carbonyl (C=O) groups excluding carboxylic acids is 1. The van der Waals surface area contributed by atoms with Crippen molar-refractivity contribution in [1.29, 1.82) is 0 Å². The molecule has 2 N–H and O–H groups in total. The van der Waals surface area contributed by atoms with Crippen molar-refractivity contribution in [2.75, 3.05) is 6.61 Å². The van der Waals surface area contributed by atoms with Crippen molar-refractivity contribution < 1.29 is 17.9 Å². The molecule has 0 fully saturated rings. The van der Waals surface area contributed by atoms with Crippen LogP contribution in [0.5, 0.6) is 5.75 Å². The Morgan fingerprint density at radius 3 is 2.24 bits per heavy atom. The Labute approximate surface area is 152 Å². The van der Waals surface area contributed by atoms with E-state index in [-0.39, 0.29) is 11.5 Å². The topological polar surface area (TPSA) is 84.5 Å². The third-order valence-corrected chi connectivity index (χ3v) is 4.88. The lowest BCUT2D eigenvalue weighted by atomic mass is 10.0. The van der Waals surface area contributed by atoms with Crippen LogP contribution in [0.3, 0.4) is 0 Å². The monoisotopic (exact) mass is 382 g/mol. The van der Waals surface area contributed by atoms with E-state index < -0.39 is 15.9 Å². The number of hydrogen-bond acceptors (Lipinski definition) is 4. The molecule has 134 valence electrons. The van der Waals surface area contributed by atoms with Crippen molar-refractivity contribution in [2.45, 2.75) is 24.7 Å². The van der Waals surface area contributed by atoms with E-state index >= 15 is 0 Å². The SMILES string of the molecule is CC(C)c1ccc(OCC(=O)NNS(=O)(=O)c2ccc(Cl)cc2)cc1. The van der Waals surface area contributed by atoms with Crippen LogP contribution in [-0.4, -0.2) is 20.9 Å². The predicted octanol–water partition coefficient (Wildman–Crippen LogP) is 2.85. The molecule has 0 spiro atoms. The molecule has 2 rings (SSSR count). The summed E-state index contributed by atoms with van der Waals surface area (Å²) in [6, 6.07) is 12.9. The molecule has 25 heavy (non-hydrogen) atoms. The molecular formula is C17H19ClN2O4S. The first-order valence-corrected chi connectivity index (χ1v) is 9.43. The van der Waals surface area contributed by atoms with Crippen LogP contribution < -0.4 is 15.0 Å². The number of amides is 1. The summed E-state index contributed by atoms with van der Waals surface area (Å²) in [5, 5.41) is 0.417. The highest BCUT2D eigenvalue weighted by atomic mass is 35.5. The number of ether oxygens (including phenoxy) is 1. The fraction of sp³-hybridized carbons (Fsp3) is 0.235. The van der Waals surface area contributed by atoms with Gasteiger partial charge in [0, 0.05) is 5.02 Å². The average Bonchev–Trinajstić information content (AvgIpc) is 2.59. The van der Waals surface area contributed by atoms with Crippen LogP contribution in [-0.2, 0) is 14.8 Å². The van der Waals surface area contributed by atoms with Gasteiger partial charge in [-0.3, -0.25) is 10.2 Å². The number of carbonyl (C=O) groups is 1. The van der Waals surface area contributed by atoms with Crippen molar-refractivity contribution in [3.05, 3.63) is 59.1 Å². The molecule has 0 atom stereocenters. The number of sulfonamides is 1. The predicted molar refractivity (Wildman–Crippen MR) is 95.9 cm³/mol. The summed E-state index contributed by atoms with van der Waals surface area (Å²) in [5.41, 5.74) is 3.26. The minimum atomic E-state index is -3.87. The lowest BCUT2D eigenvalue weighted by Gasteiger charge is -2.10. The lowest BCUT2D eigenvalue weighted by molar-refractivity contribution is -0.123. The van der Waals surface area contributed by atoms with E-state index in [4.69, 9.17) is 16.3 Å². The highest BCUT2D eigenvalue weighted by molar-refractivity contribution is 7.89. The molecule has 0 saturated heterocycles. The summed E-state index contributed by atoms with van der Waals surface area (Å²) in [6.45, 7) is 3.84. The summed E-state index contributed by atoms with van der Waals surface area (Å²) < 4.78 is 29.4. The molecule has 6 nitrogen and oxygen atoms in total. The van der Waals surface area contributed by atoms with Crippen LogP contribution in [0.4, 0.5) is 0 Å². The zero-order valence-corrected chi connectivity index (χ0v) is 15.4. The van der Waals surface area contributed by atoms with Gasteiger partial charge in [-0.2, -0.15) is 0 Å². The highest BCUT2D eigenvalue weighted by Crippen LogP contribution is 2.18. The molecule has 0 heterocycles. The lowest BCUT2D eigenvalue weighted by Crippen LogP contribution is -2.43. The zero-order chi connectivity index (χ0) is 18.4. The standard InChI is InChI=1S/C17H19ClN2O4S/c1-12(2)13-3-7-15(8-4-13)24-11-17(21)19-20-25(22,23)16-9-5-14(18)6-10-16/h3-10,12,20H,11H2,1-2H3,(H,19,21). The summed E-state index contributed by atoms with van der Waals surface area (Å²) >= 11 is 5.71. The van der Waals surface area contributed by atoms with Crippen LogP contribution in [0.25, 0.3) is 0 Å². The second-order valence-corrected chi connectivity index (χ2v) is 7.74. The van der Waals surface area contributed by atoms with Crippen LogP contribution in [0.2, 0.25) is 5.02 Å². The van der Waals surface area contributed by atoms with Gasteiger partial charge in [0.05, 0.1) is 4.90 Å². The summed E-state index contributed by atoms with van der Waals surface area (Å²) in [5.74, 6) is 0.310. The fourth-order valence-electron chi connectivity index (χ4n) is 1.93. The second-order valence-electron chi connectivity index (χ2n) is 5.62. The van der Waals surface area contributed by atoms with Crippen molar-refractivity contribution in [3.8, 4) is 5.75 Å². The summed E-state index contributed by atoms with van der Waals surface area (Å²) in [6.07, 6.45) is 0. The van der Waals surface area contributed by atoms with Gasteiger partial charge in [0.1, 0.15) is 5.75 Å². The Morgan fingerprint density at radius 1 is 1.08 bits per heavy atom. The normalized spacial score (nSPS) is 11.4. The first kappa shape index (κ1) is 19.2. The number of benzene rings is 2. The Morgan fingerprint density at radius 2 is 1.68 bits per heavy atom. The second kappa shape index (κ2) is 8.33. The van der Waals surface area contributed by atoms with Crippen LogP contribution >= 0.6 is 11.6 Å². The molecule has 0 aliphatic carbocycles. The molecule has 0 aliphatic heterocycles. The maximum atomic E-state index is 12.0. The van der Waals surface area contributed by atoms with E-state index in [1.54, 1.807) is 12.1 Å². The van der Waals surface area contributed by atoms with Gasteiger partial charge >= 0.3 is 0 Å². The van der Waals surface area contributed by atoms with E-state index in [1.807, 2.05) is 17.0 Å². The largest absolute Gasteiger partial charge is 0.484 e. The van der Waals surface area contributed by atoms with Gasteiger partial charge in [0.15, 0.2) is 6.61 Å². The molecule has 8 heteroatoms. The first-order valence-electron chi connectivity index (χ1n) is 7.57. The van der Waals surface area contributed by atoms with Gasteiger partial charge in [-0.25, -0.2) is 8.42 Å². The van der Waals surface area contributed by atoms with Crippen molar-refractivity contribution in [2.24, 2.45) is 0 Å². The molecule has 2 aromatic rings. The number of hydrogen-bond donors (Lipinski definition) is 2. The van der Waals surface area contributed by atoms with E-state index in [1.165, 1.54) is 24.3 Å². The Bertz CT molecular complexity index is 819. The fourth-order valence-corrected chi connectivity index (χ4v) is 2.92. The maximum absolute atomic E-state index is 12.0. The number of halogens is 1. The van der Waals surface area contributed by atoms with E-state index in [2.05, 4.69) is 19.3 Å². The van der Waals surface area contributed by atoms with Gasteiger partial charge in [0.2, 0.25) is 0 Å². The molecule has 0 aromatic heterocycles. The molecule has 0 radical (unpaired) electrons. The molecule has 0 saturated carbocycles. The first-order chi connectivity index (χ1) is 11.8. The minimum absolute atomic E-state index is 0.0117. The van der Waals surface area contributed by atoms with Gasteiger partial charge in [-0.1, -0.05) is 37.6 Å². The average molecular weight is 383 g/mol. The smallest absolute Gasteiger partial charge is 0.272 e. The number of nitrogens with one attached hydrogen (secondary N) is 2. The quantitative estimate of drug-likeness (QED) is 0.721. The van der Waals surface area contributed by atoms with Gasteiger partial charge in [-0.15, -0.1) is 4.83 Å². The van der Waals surface area contributed by atoms with Crippen molar-refractivity contribution in [3.63, 3.8) is 0 Å². The maximum Gasteiger partial charge on any atom is 0.272 e. The molecule has 0 unspecified atom stereocenters.